The molecule has 0 saturated carbocycles. The summed E-state index contributed by atoms with van der Waals surface area (Å²) in [6.45, 7) is 1.06. The molecule has 0 aliphatic heterocycles. The Kier molecular flexibility index (Phi) is 6.24. The number of nitrogens with two attached hydrogens (primary N) is 1. The molecule has 3 N–H and O–H groups in total. The van der Waals surface area contributed by atoms with Crippen LogP contribution in [0.15, 0.2) is 65.7 Å². The average Bonchev–Trinajstić information content (AvgIpc) is 2.71. The number of hydrogen-bond donors (Lipinski definition) is 2. The predicted molar refractivity (Wildman–Crippen MR) is 113 cm³/mol. The lowest BCUT2D eigenvalue weighted by Gasteiger charge is -2.09. The lowest BCUT2D eigenvalue weighted by Crippen LogP contribution is -2.21. The molecule has 0 spiro atoms. The van der Waals surface area contributed by atoms with Gasteiger partial charge in [0.2, 0.25) is 10.0 Å². The number of nitrogens with one attached hydrogen (secondary N) is 1. The highest BCUT2D eigenvalue weighted by Gasteiger charge is 2.13. The standard InChI is InChI=1S/C21H19N3O5S/c1-14-7-9-17(12-18(14)30(22,27)28)24-19(25)13-29-20(26)10-8-16-5-2-4-15-6-3-11-23-21(15)16/h2-12H,13H2,1H3,(H,24,25)(H2,22,27,28)/b10-8+. The Bertz CT molecular complexity index is 1250. The number of carbonyl (C=O) groups is 2. The maximum absolute atomic E-state index is 12.0. The summed E-state index contributed by atoms with van der Waals surface area (Å²) in [5, 5.41) is 8.55. The second-order valence-corrected chi connectivity index (χ2v) is 7.97. The Morgan fingerprint density at radius 2 is 1.93 bits per heavy atom. The van der Waals surface area contributed by atoms with Crippen molar-refractivity contribution in [2.75, 3.05) is 11.9 Å². The minimum absolute atomic E-state index is 0.0936. The zero-order chi connectivity index (χ0) is 21.7. The number of rotatable bonds is 6. The fourth-order valence-corrected chi connectivity index (χ4v) is 3.59. The normalized spacial score (nSPS) is 11.5. The van der Waals surface area contributed by atoms with Crippen LogP contribution in [0.4, 0.5) is 5.69 Å². The topological polar surface area (TPSA) is 128 Å². The van der Waals surface area contributed by atoms with E-state index in [1.165, 1.54) is 24.3 Å². The SMILES string of the molecule is Cc1ccc(NC(=O)COC(=O)/C=C/c2cccc3cccnc23)cc1S(N)(=O)=O. The minimum atomic E-state index is -3.92. The summed E-state index contributed by atoms with van der Waals surface area (Å²) in [7, 11) is -3.92. The number of para-hydroxylation sites is 1. The molecule has 8 nitrogen and oxygen atoms in total. The van der Waals surface area contributed by atoms with Crippen LogP contribution in [0.3, 0.4) is 0 Å². The van der Waals surface area contributed by atoms with Gasteiger partial charge in [-0.25, -0.2) is 18.4 Å². The van der Waals surface area contributed by atoms with Gasteiger partial charge in [-0.1, -0.05) is 30.3 Å². The van der Waals surface area contributed by atoms with Gasteiger partial charge in [-0.3, -0.25) is 9.78 Å². The molecule has 0 aliphatic rings. The smallest absolute Gasteiger partial charge is 0.331 e. The first-order valence-electron chi connectivity index (χ1n) is 8.86. The zero-order valence-corrected chi connectivity index (χ0v) is 16.8. The van der Waals surface area contributed by atoms with Crippen LogP contribution in [-0.2, 0) is 24.3 Å². The van der Waals surface area contributed by atoms with Crippen molar-refractivity contribution in [1.82, 2.24) is 4.98 Å². The molecule has 0 aliphatic carbocycles. The fourth-order valence-electron chi connectivity index (χ4n) is 2.79. The molecule has 1 heterocycles. The molecule has 9 heteroatoms. The van der Waals surface area contributed by atoms with Gasteiger partial charge < -0.3 is 10.1 Å². The number of aromatic nitrogens is 1. The van der Waals surface area contributed by atoms with E-state index in [-0.39, 0.29) is 10.6 Å². The van der Waals surface area contributed by atoms with Crippen LogP contribution in [0.2, 0.25) is 0 Å². The van der Waals surface area contributed by atoms with Crippen molar-refractivity contribution >= 4 is 44.6 Å². The quantitative estimate of drug-likeness (QED) is 0.461. The predicted octanol–water partition coefficient (Wildman–Crippen LogP) is 2.39. The molecule has 0 unspecified atom stereocenters. The second kappa shape index (κ2) is 8.85. The third kappa shape index (κ3) is 5.28. The third-order valence-electron chi connectivity index (χ3n) is 4.19. The van der Waals surface area contributed by atoms with Crippen molar-refractivity contribution in [1.29, 1.82) is 0 Å². The molecule has 3 rings (SSSR count). The Balaban J connectivity index is 1.60. The number of esters is 1. The van der Waals surface area contributed by atoms with Gasteiger partial charge in [0.05, 0.1) is 10.4 Å². The van der Waals surface area contributed by atoms with Crippen LogP contribution in [0.25, 0.3) is 17.0 Å². The molecule has 0 fully saturated rings. The van der Waals surface area contributed by atoms with E-state index in [2.05, 4.69) is 10.3 Å². The molecule has 154 valence electrons. The molecular weight excluding hydrogens is 406 g/mol. The van der Waals surface area contributed by atoms with E-state index in [0.29, 0.717) is 5.56 Å². The fraction of sp³-hybridized carbons (Fsp3) is 0.0952. The highest BCUT2D eigenvalue weighted by atomic mass is 32.2. The zero-order valence-electron chi connectivity index (χ0n) is 16.0. The third-order valence-corrected chi connectivity index (χ3v) is 5.24. The van der Waals surface area contributed by atoms with Crippen LogP contribution < -0.4 is 10.5 Å². The number of ether oxygens (including phenoxy) is 1. The van der Waals surface area contributed by atoms with Crippen molar-refractivity contribution in [3.63, 3.8) is 0 Å². The van der Waals surface area contributed by atoms with Crippen LogP contribution in [0.1, 0.15) is 11.1 Å². The maximum atomic E-state index is 12.0. The van der Waals surface area contributed by atoms with E-state index >= 15 is 0 Å². The van der Waals surface area contributed by atoms with Gasteiger partial charge in [-0.05, 0) is 36.8 Å². The summed E-state index contributed by atoms with van der Waals surface area (Å²) < 4.78 is 28.1. The molecule has 30 heavy (non-hydrogen) atoms. The Morgan fingerprint density at radius 3 is 2.70 bits per heavy atom. The summed E-state index contributed by atoms with van der Waals surface area (Å²) in [5.74, 6) is -1.32. The number of benzene rings is 2. The second-order valence-electron chi connectivity index (χ2n) is 6.44. The number of primary sulfonamides is 1. The molecule has 0 bridgehead atoms. The van der Waals surface area contributed by atoms with Gasteiger partial charge in [-0.15, -0.1) is 0 Å². The van der Waals surface area contributed by atoms with Crippen LogP contribution in [-0.4, -0.2) is 31.9 Å². The van der Waals surface area contributed by atoms with Crippen LogP contribution in [0, 0.1) is 6.92 Å². The molecule has 3 aromatic rings. The van der Waals surface area contributed by atoms with E-state index < -0.39 is 28.5 Å². The average molecular weight is 425 g/mol. The summed E-state index contributed by atoms with van der Waals surface area (Å²) in [6, 6.07) is 13.6. The first kappa shape index (κ1) is 21.2. The number of hydrogen-bond acceptors (Lipinski definition) is 6. The van der Waals surface area contributed by atoms with E-state index in [4.69, 9.17) is 9.88 Å². The Morgan fingerprint density at radius 1 is 1.17 bits per heavy atom. The molecule has 2 aromatic carbocycles. The molecule has 1 aromatic heterocycles. The van der Waals surface area contributed by atoms with Gasteiger partial charge in [0.15, 0.2) is 6.61 Å². The van der Waals surface area contributed by atoms with Crippen molar-refractivity contribution in [2.24, 2.45) is 5.14 Å². The van der Waals surface area contributed by atoms with Gasteiger partial charge in [0.1, 0.15) is 0 Å². The number of amides is 1. The number of anilines is 1. The molecule has 1 amide bonds. The number of pyridine rings is 1. The minimum Gasteiger partial charge on any atom is -0.452 e. The molecule has 0 atom stereocenters. The number of carbonyl (C=O) groups excluding carboxylic acids is 2. The summed E-state index contributed by atoms with van der Waals surface area (Å²) >= 11 is 0. The number of nitrogens with zero attached hydrogens (tertiary/aromatic N) is 1. The van der Waals surface area contributed by atoms with Crippen molar-refractivity contribution in [2.45, 2.75) is 11.8 Å². The van der Waals surface area contributed by atoms with Gasteiger partial charge >= 0.3 is 5.97 Å². The van der Waals surface area contributed by atoms with Gasteiger partial charge in [0, 0.05) is 28.9 Å². The lowest BCUT2D eigenvalue weighted by molar-refractivity contribution is -0.142. The van der Waals surface area contributed by atoms with E-state index in [1.54, 1.807) is 19.2 Å². The summed E-state index contributed by atoms with van der Waals surface area (Å²) in [6.07, 6.45) is 4.43. The first-order chi connectivity index (χ1) is 14.2. The number of fused-ring (bicyclic) bond motifs is 1. The van der Waals surface area contributed by atoms with Crippen molar-refractivity contribution in [3.8, 4) is 0 Å². The Labute approximate surface area is 173 Å². The van der Waals surface area contributed by atoms with Crippen LogP contribution in [0.5, 0.6) is 0 Å². The molecule has 0 saturated heterocycles. The summed E-state index contributed by atoms with van der Waals surface area (Å²) in [4.78, 5) is 28.1. The monoisotopic (exact) mass is 425 g/mol. The molecular formula is C21H19N3O5S. The Hall–Kier alpha value is -3.56. The van der Waals surface area contributed by atoms with Gasteiger partial charge in [0.25, 0.3) is 5.91 Å². The lowest BCUT2D eigenvalue weighted by atomic mass is 10.1. The van der Waals surface area contributed by atoms with E-state index in [1.807, 2.05) is 30.3 Å². The van der Waals surface area contributed by atoms with Crippen molar-refractivity contribution in [3.05, 3.63) is 71.9 Å². The van der Waals surface area contributed by atoms with Crippen molar-refractivity contribution < 1.29 is 22.7 Å². The van der Waals surface area contributed by atoms with Crippen LogP contribution >= 0.6 is 0 Å². The number of aryl methyl sites for hydroxylation is 1. The largest absolute Gasteiger partial charge is 0.452 e. The highest BCUT2D eigenvalue weighted by molar-refractivity contribution is 7.89. The van der Waals surface area contributed by atoms with E-state index in [9.17, 15) is 18.0 Å². The van der Waals surface area contributed by atoms with Gasteiger partial charge in [-0.2, -0.15) is 0 Å². The summed E-state index contributed by atoms with van der Waals surface area (Å²) in [5.41, 5.74) is 2.16. The molecule has 0 radical (unpaired) electrons. The first-order valence-corrected chi connectivity index (χ1v) is 10.4. The maximum Gasteiger partial charge on any atom is 0.331 e. The number of sulfonamides is 1. The van der Waals surface area contributed by atoms with E-state index in [0.717, 1.165) is 16.5 Å². The highest BCUT2D eigenvalue weighted by Crippen LogP contribution is 2.19.